The molecule has 0 saturated carbocycles. The summed E-state index contributed by atoms with van der Waals surface area (Å²) in [6, 6.07) is 8.44. The number of benzene rings is 1. The Kier molecular flexibility index (Phi) is 10.8. The molecule has 3 rings (SSSR count). The lowest BCUT2D eigenvalue weighted by Crippen LogP contribution is -2.53. The van der Waals surface area contributed by atoms with Crippen molar-refractivity contribution in [1.29, 1.82) is 0 Å². The van der Waals surface area contributed by atoms with Gasteiger partial charge in [-0.25, -0.2) is 0 Å². The minimum atomic E-state index is -0.147. The highest BCUT2D eigenvalue weighted by Crippen LogP contribution is 2.27. The molecule has 8 heteroatoms. The molecule has 2 fully saturated rings. The number of piperidine rings is 1. The number of hydrogen-bond donors (Lipinski definition) is 1. The molecule has 31 heavy (non-hydrogen) atoms. The molecule has 0 bridgehead atoms. The Labute approximate surface area is 209 Å². The van der Waals surface area contributed by atoms with Crippen LogP contribution < -0.4 is 5.32 Å². The van der Waals surface area contributed by atoms with E-state index in [1.165, 1.54) is 5.56 Å². The molecule has 2 aliphatic heterocycles. The maximum Gasteiger partial charge on any atom is 0.193 e. The number of nitrogens with one attached hydrogen (secondary N) is 1. The predicted octanol–water partition coefficient (Wildman–Crippen LogP) is 4.19. The van der Waals surface area contributed by atoms with Crippen LogP contribution in [0.25, 0.3) is 0 Å². The second-order valence-corrected chi connectivity index (χ2v) is 9.15. The number of rotatable bonds is 6. The number of likely N-dealkylation sites (tertiary alicyclic amines) is 1. The van der Waals surface area contributed by atoms with Crippen LogP contribution in [0.3, 0.4) is 0 Å². The van der Waals surface area contributed by atoms with Gasteiger partial charge in [0.15, 0.2) is 5.96 Å². The molecule has 6 nitrogen and oxygen atoms in total. The first-order valence-electron chi connectivity index (χ1n) is 11.1. The number of guanidine groups is 1. The molecule has 0 aromatic heterocycles. The molecule has 1 aromatic carbocycles. The first kappa shape index (κ1) is 26.6. The highest BCUT2D eigenvalue weighted by Gasteiger charge is 2.32. The zero-order valence-electron chi connectivity index (χ0n) is 19.3. The summed E-state index contributed by atoms with van der Waals surface area (Å²) < 4.78 is 11.7. The van der Waals surface area contributed by atoms with Crippen molar-refractivity contribution in [2.24, 2.45) is 4.99 Å². The fraction of sp³-hybridized carbons (Fsp3) is 0.696. The summed E-state index contributed by atoms with van der Waals surface area (Å²) in [6.07, 6.45) is 2.47. The molecule has 0 aliphatic carbocycles. The third-order valence-electron chi connectivity index (χ3n) is 5.96. The lowest BCUT2D eigenvalue weighted by Gasteiger charge is -2.43. The van der Waals surface area contributed by atoms with E-state index in [0.29, 0.717) is 6.10 Å². The Morgan fingerprint density at radius 2 is 1.94 bits per heavy atom. The Morgan fingerprint density at radius 3 is 2.52 bits per heavy atom. The van der Waals surface area contributed by atoms with Crippen molar-refractivity contribution in [3.8, 4) is 0 Å². The van der Waals surface area contributed by atoms with Crippen molar-refractivity contribution in [3.63, 3.8) is 0 Å². The predicted molar refractivity (Wildman–Crippen MR) is 139 cm³/mol. The third-order valence-corrected chi connectivity index (χ3v) is 6.21. The van der Waals surface area contributed by atoms with E-state index in [2.05, 4.69) is 53.0 Å². The number of aliphatic imine (C=N–C) groups is 1. The molecule has 1 unspecified atom stereocenters. The van der Waals surface area contributed by atoms with E-state index in [1.807, 2.05) is 19.2 Å². The average molecular weight is 565 g/mol. The first-order valence-corrected chi connectivity index (χ1v) is 11.5. The summed E-state index contributed by atoms with van der Waals surface area (Å²) in [7, 11) is 1.87. The lowest BCUT2D eigenvalue weighted by atomic mass is 10.0. The van der Waals surface area contributed by atoms with E-state index in [4.69, 9.17) is 21.1 Å². The Balaban J connectivity index is 0.00000341. The molecule has 1 atom stereocenters. The number of hydrogen-bond acceptors (Lipinski definition) is 4. The molecule has 2 heterocycles. The van der Waals surface area contributed by atoms with Gasteiger partial charge >= 0.3 is 0 Å². The Hall–Kier alpha value is -0.610. The molecule has 176 valence electrons. The van der Waals surface area contributed by atoms with Crippen LogP contribution in [0.1, 0.15) is 45.2 Å². The third kappa shape index (κ3) is 7.74. The van der Waals surface area contributed by atoms with Crippen molar-refractivity contribution in [3.05, 3.63) is 34.9 Å². The monoisotopic (exact) mass is 564 g/mol. The normalized spacial score (nSPS) is 21.5. The molecule has 1 aromatic rings. The van der Waals surface area contributed by atoms with E-state index in [-0.39, 0.29) is 35.6 Å². The lowest BCUT2D eigenvalue weighted by molar-refractivity contribution is -0.0971. The fourth-order valence-electron chi connectivity index (χ4n) is 4.45. The van der Waals surface area contributed by atoms with Gasteiger partial charge in [0.25, 0.3) is 0 Å². The second-order valence-electron chi connectivity index (χ2n) is 8.72. The van der Waals surface area contributed by atoms with Crippen molar-refractivity contribution >= 4 is 41.5 Å². The summed E-state index contributed by atoms with van der Waals surface area (Å²) in [5.41, 5.74) is 1.11. The highest BCUT2D eigenvalue weighted by atomic mass is 127. The van der Waals surface area contributed by atoms with E-state index in [0.717, 1.165) is 69.8 Å². The van der Waals surface area contributed by atoms with E-state index in [9.17, 15) is 0 Å². The van der Waals surface area contributed by atoms with Gasteiger partial charge in [-0.05, 0) is 51.3 Å². The van der Waals surface area contributed by atoms with Crippen molar-refractivity contribution < 1.29 is 9.47 Å². The molecular formula is C23H38ClIN4O2. The van der Waals surface area contributed by atoms with E-state index >= 15 is 0 Å². The van der Waals surface area contributed by atoms with Gasteiger partial charge in [0.05, 0.1) is 24.4 Å². The van der Waals surface area contributed by atoms with E-state index in [1.54, 1.807) is 0 Å². The summed E-state index contributed by atoms with van der Waals surface area (Å²) in [5.74, 6) is 0.969. The molecule has 0 spiro atoms. The average Bonchev–Trinajstić information content (AvgIpc) is 2.73. The molecule has 2 saturated heterocycles. The SMILES string of the molecule is CCOC1CCN(C(=NC)NCC(c2ccc(Cl)cc2)N2CCOC(C)(C)C2)CC1.I. The van der Waals surface area contributed by atoms with Crippen LogP contribution in [-0.2, 0) is 9.47 Å². The molecule has 0 radical (unpaired) electrons. The van der Waals surface area contributed by atoms with Crippen LogP contribution in [0.15, 0.2) is 29.3 Å². The van der Waals surface area contributed by atoms with Crippen LogP contribution in [0.2, 0.25) is 5.02 Å². The maximum atomic E-state index is 6.15. The summed E-state index contributed by atoms with van der Waals surface area (Å²) in [6.45, 7) is 12.5. The summed E-state index contributed by atoms with van der Waals surface area (Å²) in [5, 5.41) is 4.41. The van der Waals surface area contributed by atoms with Gasteiger partial charge in [-0.1, -0.05) is 23.7 Å². The number of nitrogens with zero attached hydrogens (tertiary/aromatic N) is 3. The van der Waals surface area contributed by atoms with Crippen LogP contribution in [0.5, 0.6) is 0 Å². The van der Waals surface area contributed by atoms with Gasteiger partial charge < -0.3 is 19.7 Å². The minimum Gasteiger partial charge on any atom is -0.378 e. The van der Waals surface area contributed by atoms with E-state index < -0.39 is 0 Å². The molecule has 2 aliphatic rings. The van der Waals surface area contributed by atoms with Crippen molar-refractivity contribution in [2.75, 3.05) is 53.0 Å². The second kappa shape index (κ2) is 12.6. The van der Waals surface area contributed by atoms with Gasteiger partial charge in [0.2, 0.25) is 0 Å². The standard InChI is InChI=1S/C23H37ClN4O2.HI/c1-5-29-20-10-12-27(13-11-20)22(25-4)26-16-21(18-6-8-19(24)9-7-18)28-14-15-30-23(2,3)17-28;/h6-9,20-21H,5,10-17H2,1-4H3,(H,25,26);1H. The quantitative estimate of drug-likeness (QED) is 0.319. The van der Waals surface area contributed by atoms with Gasteiger partial charge in [0, 0.05) is 51.4 Å². The Morgan fingerprint density at radius 1 is 1.26 bits per heavy atom. The highest BCUT2D eigenvalue weighted by molar-refractivity contribution is 14.0. The van der Waals surface area contributed by atoms with Crippen LogP contribution in [0.4, 0.5) is 0 Å². The first-order chi connectivity index (χ1) is 14.4. The Bertz CT molecular complexity index is 693. The maximum absolute atomic E-state index is 6.15. The van der Waals surface area contributed by atoms with Crippen LogP contribution in [-0.4, -0.2) is 80.4 Å². The molecule has 0 amide bonds. The van der Waals surface area contributed by atoms with Crippen molar-refractivity contribution in [1.82, 2.24) is 15.1 Å². The van der Waals surface area contributed by atoms with Gasteiger partial charge in [-0.3, -0.25) is 9.89 Å². The minimum absolute atomic E-state index is 0. The zero-order chi connectivity index (χ0) is 21.6. The van der Waals surface area contributed by atoms with Crippen LogP contribution >= 0.6 is 35.6 Å². The number of halogens is 2. The smallest absolute Gasteiger partial charge is 0.193 e. The van der Waals surface area contributed by atoms with Gasteiger partial charge in [-0.2, -0.15) is 0 Å². The fourth-order valence-corrected chi connectivity index (χ4v) is 4.58. The van der Waals surface area contributed by atoms with Gasteiger partial charge in [0.1, 0.15) is 0 Å². The molecule has 1 N–H and O–H groups in total. The number of morpholine rings is 1. The largest absolute Gasteiger partial charge is 0.378 e. The summed E-state index contributed by atoms with van der Waals surface area (Å²) >= 11 is 6.15. The van der Waals surface area contributed by atoms with Crippen molar-refractivity contribution in [2.45, 2.75) is 51.4 Å². The summed E-state index contributed by atoms with van der Waals surface area (Å²) in [4.78, 5) is 9.42. The van der Waals surface area contributed by atoms with Gasteiger partial charge in [-0.15, -0.1) is 24.0 Å². The zero-order valence-corrected chi connectivity index (χ0v) is 22.4. The number of ether oxygens (including phenoxy) is 2. The van der Waals surface area contributed by atoms with Crippen LogP contribution in [0, 0.1) is 0 Å². The topological polar surface area (TPSA) is 49.3 Å². The molecular weight excluding hydrogens is 527 g/mol.